The number of anilines is 1. The summed E-state index contributed by atoms with van der Waals surface area (Å²) < 4.78 is 33.2. The fourth-order valence-corrected chi connectivity index (χ4v) is 5.76. The van der Waals surface area contributed by atoms with Gasteiger partial charge in [0.15, 0.2) is 6.54 Å². The Morgan fingerprint density at radius 2 is 1.97 bits per heavy atom. The van der Waals surface area contributed by atoms with E-state index in [0.29, 0.717) is 43.7 Å². The maximum atomic E-state index is 13.0. The summed E-state index contributed by atoms with van der Waals surface area (Å²) in [5, 5.41) is 2.91. The molecule has 2 atom stereocenters. The van der Waals surface area contributed by atoms with Crippen LogP contribution in [0.3, 0.4) is 0 Å². The monoisotopic (exact) mass is 424 g/mol. The summed E-state index contributed by atoms with van der Waals surface area (Å²) in [6.07, 6.45) is 6.33. The van der Waals surface area contributed by atoms with Crippen molar-refractivity contribution in [3.63, 3.8) is 0 Å². The predicted octanol–water partition coefficient (Wildman–Crippen LogP) is 1.66. The Balaban J connectivity index is 1.78. The van der Waals surface area contributed by atoms with Crippen LogP contribution in [0.1, 0.15) is 52.4 Å². The lowest BCUT2D eigenvalue weighted by Crippen LogP contribution is -3.17. The minimum atomic E-state index is -3.57. The molecule has 2 N–H and O–H groups in total. The van der Waals surface area contributed by atoms with E-state index < -0.39 is 10.0 Å². The fourth-order valence-electron chi connectivity index (χ4n) is 4.22. The van der Waals surface area contributed by atoms with Crippen molar-refractivity contribution >= 4 is 21.6 Å². The quantitative estimate of drug-likeness (QED) is 0.698. The van der Waals surface area contributed by atoms with Gasteiger partial charge in [-0.15, -0.1) is 0 Å². The van der Waals surface area contributed by atoms with E-state index in [9.17, 15) is 13.2 Å². The standard InChI is InChI=1S/C21H33N3O4S/c1-3-28-20-11-10-18(29(26,27)24-13-6-4-7-14-24)15-19(20)22-21(25)16-23-12-8-5-9-17(23)2/h10-11,15,17H,3-9,12-14,16H2,1-2H3,(H,22,25)/p+1/t17-/m1/s1. The van der Waals surface area contributed by atoms with Crippen molar-refractivity contribution in [2.75, 3.05) is 38.1 Å². The number of benzene rings is 1. The van der Waals surface area contributed by atoms with E-state index in [4.69, 9.17) is 4.74 Å². The molecule has 162 valence electrons. The summed E-state index contributed by atoms with van der Waals surface area (Å²) in [4.78, 5) is 14.2. The molecule has 1 aromatic carbocycles. The molecular formula is C21H34N3O4S+. The van der Waals surface area contributed by atoms with Crippen LogP contribution in [0.5, 0.6) is 5.75 Å². The highest BCUT2D eigenvalue weighted by Crippen LogP contribution is 2.30. The van der Waals surface area contributed by atoms with E-state index in [1.54, 1.807) is 18.2 Å². The molecule has 1 unspecified atom stereocenters. The molecule has 0 saturated carbocycles. The minimum absolute atomic E-state index is 0.109. The van der Waals surface area contributed by atoms with Crippen molar-refractivity contribution < 1.29 is 22.8 Å². The number of carbonyl (C=O) groups excluding carboxylic acids is 1. The molecule has 7 nitrogen and oxygen atoms in total. The molecule has 2 aliphatic heterocycles. The van der Waals surface area contributed by atoms with Gasteiger partial charge < -0.3 is 15.0 Å². The Morgan fingerprint density at radius 1 is 1.21 bits per heavy atom. The number of piperidine rings is 2. The maximum Gasteiger partial charge on any atom is 0.279 e. The average molecular weight is 425 g/mol. The van der Waals surface area contributed by atoms with Gasteiger partial charge in [0.05, 0.1) is 29.8 Å². The van der Waals surface area contributed by atoms with Crippen molar-refractivity contribution in [3.05, 3.63) is 18.2 Å². The summed E-state index contributed by atoms with van der Waals surface area (Å²) in [6.45, 7) is 6.96. The molecular weight excluding hydrogens is 390 g/mol. The number of rotatable bonds is 7. The van der Waals surface area contributed by atoms with Gasteiger partial charge in [0.1, 0.15) is 5.75 Å². The fraction of sp³-hybridized carbons (Fsp3) is 0.667. The van der Waals surface area contributed by atoms with E-state index >= 15 is 0 Å². The van der Waals surface area contributed by atoms with Crippen molar-refractivity contribution in [1.82, 2.24) is 4.31 Å². The molecule has 1 aromatic rings. The van der Waals surface area contributed by atoms with E-state index in [2.05, 4.69) is 12.2 Å². The number of likely N-dealkylation sites (tertiary alicyclic amines) is 1. The third-order valence-corrected chi connectivity index (χ3v) is 7.84. The van der Waals surface area contributed by atoms with Crippen LogP contribution < -0.4 is 15.0 Å². The van der Waals surface area contributed by atoms with Crippen LogP contribution in [0, 0.1) is 0 Å². The first-order valence-corrected chi connectivity index (χ1v) is 12.3. The zero-order valence-electron chi connectivity index (χ0n) is 17.6. The lowest BCUT2D eigenvalue weighted by Gasteiger charge is -2.29. The number of nitrogens with zero attached hydrogens (tertiary/aromatic N) is 1. The van der Waals surface area contributed by atoms with Crippen LogP contribution in [0.15, 0.2) is 23.1 Å². The minimum Gasteiger partial charge on any atom is -0.492 e. The largest absolute Gasteiger partial charge is 0.492 e. The van der Waals surface area contributed by atoms with Gasteiger partial charge in [-0.2, -0.15) is 4.31 Å². The Kier molecular flexibility index (Phi) is 7.54. The van der Waals surface area contributed by atoms with Gasteiger partial charge in [0, 0.05) is 13.1 Å². The van der Waals surface area contributed by atoms with E-state index in [1.165, 1.54) is 15.6 Å². The first-order valence-electron chi connectivity index (χ1n) is 10.8. The van der Waals surface area contributed by atoms with Crippen molar-refractivity contribution in [2.24, 2.45) is 0 Å². The molecule has 2 saturated heterocycles. The number of hydrogen-bond donors (Lipinski definition) is 2. The Labute approximate surface area is 174 Å². The van der Waals surface area contributed by atoms with Crippen molar-refractivity contribution in [3.8, 4) is 5.75 Å². The number of sulfonamides is 1. The Morgan fingerprint density at radius 3 is 2.66 bits per heavy atom. The van der Waals surface area contributed by atoms with E-state index in [1.807, 2.05) is 6.92 Å². The van der Waals surface area contributed by atoms with Crippen LogP contribution in [0.2, 0.25) is 0 Å². The number of nitrogens with one attached hydrogen (secondary N) is 2. The molecule has 3 rings (SSSR count). The highest BCUT2D eigenvalue weighted by Gasteiger charge is 2.28. The lowest BCUT2D eigenvalue weighted by atomic mass is 10.0. The third-order valence-electron chi connectivity index (χ3n) is 5.95. The number of hydrogen-bond acceptors (Lipinski definition) is 4. The van der Waals surface area contributed by atoms with Gasteiger partial charge in [-0.3, -0.25) is 4.79 Å². The molecule has 0 spiro atoms. The van der Waals surface area contributed by atoms with Gasteiger partial charge in [0.2, 0.25) is 10.0 Å². The molecule has 2 aliphatic rings. The molecule has 8 heteroatoms. The number of carbonyl (C=O) groups is 1. The van der Waals surface area contributed by atoms with Crippen LogP contribution in [-0.4, -0.2) is 57.5 Å². The SMILES string of the molecule is CCOc1ccc(S(=O)(=O)N2CCCCC2)cc1NC(=O)C[NH+]1CCCC[C@H]1C. The van der Waals surface area contributed by atoms with Crippen LogP contribution in [0.25, 0.3) is 0 Å². The number of amides is 1. The molecule has 29 heavy (non-hydrogen) atoms. The highest BCUT2D eigenvalue weighted by atomic mass is 32.2. The second kappa shape index (κ2) is 9.91. The molecule has 0 radical (unpaired) electrons. The summed E-state index contributed by atoms with van der Waals surface area (Å²) in [7, 11) is -3.57. The van der Waals surface area contributed by atoms with Gasteiger partial charge >= 0.3 is 0 Å². The first kappa shape index (κ1) is 22.1. The van der Waals surface area contributed by atoms with E-state index in [0.717, 1.165) is 38.6 Å². The third kappa shape index (κ3) is 5.49. The molecule has 1 amide bonds. The summed E-state index contributed by atoms with van der Waals surface area (Å²) in [5.74, 6) is 0.391. The summed E-state index contributed by atoms with van der Waals surface area (Å²) in [6, 6.07) is 5.23. The number of ether oxygens (including phenoxy) is 1. The van der Waals surface area contributed by atoms with Crippen LogP contribution >= 0.6 is 0 Å². The topological polar surface area (TPSA) is 80.2 Å². The van der Waals surface area contributed by atoms with Crippen molar-refractivity contribution in [1.29, 1.82) is 0 Å². The predicted molar refractivity (Wildman–Crippen MR) is 113 cm³/mol. The van der Waals surface area contributed by atoms with Crippen molar-refractivity contribution in [2.45, 2.75) is 63.3 Å². The molecule has 0 bridgehead atoms. The zero-order chi connectivity index (χ0) is 20.9. The van der Waals surface area contributed by atoms with Gasteiger partial charge in [-0.1, -0.05) is 6.42 Å². The van der Waals surface area contributed by atoms with Gasteiger partial charge in [0.25, 0.3) is 5.91 Å². The lowest BCUT2D eigenvalue weighted by molar-refractivity contribution is -0.920. The summed E-state index contributed by atoms with van der Waals surface area (Å²) in [5.41, 5.74) is 0.430. The number of quaternary nitrogens is 1. The van der Waals surface area contributed by atoms with Crippen LogP contribution in [0.4, 0.5) is 5.69 Å². The van der Waals surface area contributed by atoms with Crippen LogP contribution in [-0.2, 0) is 14.8 Å². The second-order valence-corrected chi connectivity index (χ2v) is 10.0. The summed E-state index contributed by atoms with van der Waals surface area (Å²) >= 11 is 0. The molecule has 0 aromatic heterocycles. The smallest absolute Gasteiger partial charge is 0.279 e. The second-order valence-electron chi connectivity index (χ2n) is 8.09. The molecule has 0 aliphatic carbocycles. The average Bonchev–Trinajstić information content (AvgIpc) is 2.72. The van der Waals surface area contributed by atoms with Gasteiger partial charge in [-0.25, -0.2) is 8.42 Å². The first-order chi connectivity index (χ1) is 13.9. The Hall–Kier alpha value is -1.64. The highest BCUT2D eigenvalue weighted by molar-refractivity contribution is 7.89. The Bertz CT molecular complexity index is 806. The van der Waals surface area contributed by atoms with E-state index in [-0.39, 0.29) is 10.8 Å². The molecule has 2 fully saturated rings. The molecule has 2 heterocycles. The maximum absolute atomic E-state index is 13.0. The normalized spacial score (nSPS) is 23.5. The zero-order valence-corrected chi connectivity index (χ0v) is 18.4. The van der Waals surface area contributed by atoms with Gasteiger partial charge in [-0.05, 0) is 64.2 Å².